The number of fused-ring (bicyclic) bond motifs is 1. The molecule has 0 atom stereocenters. The van der Waals surface area contributed by atoms with Crippen LogP contribution in [-0.4, -0.2) is 25.4 Å². The van der Waals surface area contributed by atoms with Gasteiger partial charge in [-0.2, -0.15) is 0 Å². The number of nitrogens with one attached hydrogen (secondary N) is 1. The predicted octanol–water partition coefficient (Wildman–Crippen LogP) is 1.99. The van der Waals surface area contributed by atoms with Crippen LogP contribution in [0.15, 0.2) is 0 Å². The molecule has 1 N–H and O–H groups in total. The lowest BCUT2D eigenvalue weighted by atomic mass is 10.1. The minimum atomic E-state index is 0.309. The molecule has 2 rings (SSSR count). The summed E-state index contributed by atoms with van der Waals surface area (Å²) in [6, 6.07) is 0. The van der Waals surface area contributed by atoms with Crippen molar-refractivity contribution in [1.82, 2.24) is 25.4 Å². The monoisotopic (exact) mass is 205 g/mol. The third-order valence-electron chi connectivity index (χ3n) is 2.30. The Morgan fingerprint density at radius 1 is 1.00 bits per heavy atom. The first-order chi connectivity index (χ1) is 7.09. The highest BCUT2D eigenvalue weighted by atomic mass is 15.3. The van der Waals surface area contributed by atoms with Crippen molar-refractivity contribution in [3.63, 3.8) is 0 Å². The molecule has 0 amide bonds. The smallest absolute Gasteiger partial charge is 0.205 e. The molecule has 0 aliphatic heterocycles. The van der Waals surface area contributed by atoms with E-state index in [9.17, 15) is 0 Å². The zero-order valence-corrected chi connectivity index (χ0v) is 9.44. The Labute approximate surface area is 88.3 Å². The van der Waals surface area contributed by atoms with E-state index < -0.39 is 0 Å². The predicted molar refractivity (Wildman–Crippen MR) is 57.7 cm³/mol. The molecule has 0 radical (unpaired) electrons. The molecule has 0 fully saturated rings. The number of aromatic amines is 1. The van der Waals surface area contributed by atoms with E-state index in [1.807, 2.05) is 0 Å². The molecule has 0 saturated heterocycles. The van der Waals surface area contributed by atoms with E-state index in [1.54, 1.807) is 0 Å². The average Bonchev–Trinajstić information content (AvgIpc) is 2.62. The van der Waals surface area contributed by atoms with Crippen LogP contribution in [0.2, 0.25) is 0 Å². The van der Waals surface area contributed by atoms with Gasteiger partial charge in [-0.15, -0.1) is 5.10 Å². The Morgan fingerprint density at radius 2 is 1.73 bits per heavy atom. The van der Waals surface area contributed by atoms with E-state index >= 15 is 0 Å². The van der Waals surface area contributed by atoms with Gasteiger partial charge in [-0.25, -0.2) is 9.97 Å². The number of hydrogen-bond donors (Lipinski definition) is 1. The number of H-pyrrole nitrogens is 1. The van der Waals surface area contributed by atoms with Crippen LogP contribution >= 0.6 is 0 Å². The van der Waals surface area contributed by atoms with Gasteiger partial charge >= 0.3 is 0 Å². The second-order valence-corrected chi connectivity index (χ2v) is 4.29. The largest absolute Gasteiger partial charge is 0.254 e. The summed E-state index contributed by atoms with van der Waals surface area (Å²) >= 11 is 0. The lowest BCUT2D eigenvalue weighted by Crippen LogP contribution is -2.04. The molecular weight excluding hydrogens is 190 g/mol. The van der Waals surface area contributed by atoms with Crippen LogP contribution in [0.5, 0.6) is 0 Å². The zero-order valence-electron chi connectivity index (χ0n) is 9.44. The molecule has 0 unspecified atom stereocenters. The fourth-order valence-corrected chi connectivity index (χ4v) is 1.46. The number of aromatic nitrogens is 5. The standard InChI is InChI=1S/C10H15N5/c1-5(2)7-8-10(14-15-13-8)12-9(11-7)6(3)4/h5-6H,1-4H3,(H,11,12,13,14,15). The van der Waals surface area contributed by atoms with Crippen LogP contribution in [0.1, 0.15) is 51.0 Å². The lowest BCUT2D eigenvalue weighted by Gasteiger charge is -2.09. The quantitative estimate of drug-likeness (QED) is 0.814. The van der Waals surface area contributed by atoms with Crippen molar-refractivity contribution in [2.75, 3.05) is 0 Å². The van der Waals surface area contributed by atoms with Crippen LogP contribution in [0.25, 0.3) is 11.2 Å². The molecule has 2 heterocycles. The van der Waals surface area contributed by atoms with Crippen molar-refractivity contribution in [2.24, 2.45) is 0 Å². The molecule has 80 valence electrons. The molecule has 0 aromatic carbocycles. The SMILES string of the molecule is CC(C)c1nc(C(C)C)c2[nH]nnc2n1. The van der Waals surface area contributed by atoms with Crippen molar-refractivity contribution in [2.45, 2.75) is 39.5 Å². The van der Waals surface area contributed by atoms with Gasteiger partial charge < -0.3 is 0 Å². The van der Waals surface area contributed by atoms with Gasteiger partial charge in [-0.1, -0.05) is 32.9 Å². The third-order valence-corrected chi connectivity index (χ3v) is 2.30. The van der Waals surface area contributed by atoms with Crippen molar-refractivity contribution < 1.29 is 0 Å². The molecule has 5 nitrogen and oxygen atoms in total. The van der Waals surface area contributed by atoms with Gasteiger partial charge in [0.05, 0.1) is 5.69 Å². The Hall–Kier alpha value is -1.52. The van der Waals surface area contributed by atoms with E-state index in [1.165, 1.54) is 0 Å². The highest BCUT2D eigenvalue weighted by molar-refractivity contribution is 5.72. The molecule has 2 aromatic rings. The average molecular weight is 205 g/mol. The summed E-state index contributed by atoms with van der Waals surface area (Å²) in [5.41, 5.74) is 2.51. The summed E-state index contributed by atoms with van der Waals surface area (Å²) in [6.45, 7) is 8.36. The second-order valence-electron chi connectivity index (χ2n) is 4.29. The van der Waals surface area contributed by atoms with Crippen LogP contribution in [0.3, 0.4) is 0 Å². The van der Waals surface area contributed by atoms with Gasteiger partial charge in [0, 0.05) is 5.92 Å². The molecule has 0 spiro atoms. The first-order valence-corrected chi connectivity index (χ1v) is 5.18. The summed E-state index contributed by atoms with van der Waals surface area (Å²) in [5.74, 6) is 1.49. The minimum Gasteiger partial charge on any atom is -0.254 e. The summed E-state index contributed by atoms with van der Waals surface area (Å²) in [5, 5.41) is 10.6. The van der Waals surface area contributed by atoms with Crippen molar-refractivity contribution in [3.05, 3.63) is 11.5 Å². The third kappa shape index (κ3) is 1.69. The van der Waals surface area contributed by atoms with Gasteiger partial charge in [0.2, 0.25) is 5.65 Å². The van der Waals surface area contributed by atoms with Crippen LogP contribution < -0.4 is 0 Å². The number of hydrogen-bond acceptors (Lipinski definition) is 4. The van der Waals surface area contributed by atoms with Gasteiger partial charge in [-0.3, -0.25) is 5.10 Å². The minimum absolute atomic E-state index is 0.309. The summed E-state index contributed by atoms with van der Waals surface area (Å²) < 4.78 is 0. The Morgan fingerprint density at radius 3 is 2.33 bits per heavy atom. The molecule has 0 bridgehead atoms. The zero-order chi connectivity index (χ0) is 11.0. The topological polar surface area (TPSA) is 67.3 Å². The highest BCUT2D eigenvalue weighted by Crippen LogP contribution is 2.21. The van der Waals surface area contributed by atoms with E-state index in [0.29, 0.717) is 17.5 Å². The number of nitrogens with zero attached hydrogens (tertiary/aromatic N) is 4. The first-order valence-electron chi connectivity index (χ1n) is 5.18. The summed E-state index contributed by atoms with van der Waals surface area (Å²) in [7, 11) is 0. The summed E-state index contributed by atoms with van der Waals surface area (Å²) in [4.78, 5) is 8.91. The molecule has 0 aliphatic carbocycles. The molecule has 5 heteroatoms. The number of rotatable bonds is 2. The van der Waals surface area contributed by atoms with E-state index in [2.05, 4.69) is 53.1 Å². The van der Waals surface area contributed by atoms with Gasteiger partial charge in [0.15, 0.2) is 0 Å². The normalized spacial score (nSPS) is 11.9. The summed E-state index contributed by atoms with van der Waals surface area (Å²) in [6.07, 6.45) is 0. The maximum atomic E-state index is 4.55. The first kappa shape index (κ1) is 10.0. The molecule has 0 aliphatic rings. The molecule has 2 aromatic heterocycles. The van der Waals surface area contributed by atoms with Crippen LogP contribution in [0.4, 0.5) is 0 Å². The maximum Gasteiger partial charge on any atom is 0.205 e. The Balaban J connectivity index is 2.69. The maximum absolute atomic E-state index is 4.55. The Bertz CT molecular complexity index is 472. The van der Waals surface area contributed by atoms with Crippen molar-refractivity contribution >= 4 is 11.2 Å². The second kappa shape index (κ2) is 3.56. The van der Waals surface area contributed by atoms with Crippen molar-refractivity contribution in [3.8, 4) is 0 Å². The van der Waals surface area contributed by atoms with E-state index in [-0.39, 0.29) is 0 Å². The fraction of sp³-hybridized carbons (Fsp3) is 0.600. The molecular formula is C10H15N5. The van der Waals surface area contributed by atoms with Gasteiger partial charge in [-0.05, 0) is 5.92 Å². The molecule has 15 heavy (non-hydrogen) atoms. The van der Waals surface area contributed by atoms with E-state index in [0.717, 1.165) is 17.0 Å². The fourth-order valence-electron chi connectivity index (χ4n) is 1.46. The van der Waals surface area contributed by atoms with E-state index in [4.69, 9.17) is 0 Å². The Kier molecular flexibility index (Phi) is 2.38. The van der Waals surface area contributed by atoms with Crippen LogP contribution in [-0.2, 0) is 0 Å². The van der Waals surface area contributed by atoms with Gasteiger partial charge in [0.25, 0.3) is 0 Å². The highest BCUT2D eigenvalue weighted by Gasteiger charge is 2.14. The molecule has 0 saturated carbocycles. The van der Waals surface area contributed by atoms with Crippen molar-refractivity contribution in [1.29, 1.82) is 0 Å². The van der Waals surface area contributed by atoms with Crippen LogP contribution in [0, 0.1) is 0 Å². The van der Waals surface area contributed by atoms with Gasteiger partial charge in [0.1, 0.15) is 11.3 Å². The lowest BCUT2D eigenvalue weighted by molar-refractivity contribution is 0.740.